The zero-order valence-corrected chi connectivity index (χ0v) is 10.1. The molecule has 1 heterocycles. The smallest absolute Gasteiger partial charge is 0.295 e. The predicted octanol–water partition coefficient (Wildman–Crippen LogP) is 2.95. The van der Waals surface area contributed by atoms with Crippen molar-refractivity contribution in [3.05, 3.63) is 28.3 Å². The lowest BCUT2D eigenvalue weighted by Gasteiger charge is -2.02. The summed E-state index contributed by atoms with van der Waals surface area (Å²) >= 11 is 0. The van der Waals surface area contributed by atoms with Crippen molar-refractivity contribution in [3.8, 4) is 0 Å². The second kappa shape index (κ2) is 3.44. The molecule has 6 nitrogen and oxygen atoms in total. The van der Waals surface area contributed by atoms with Crippen LogP contribution in [-0.4, -0.2) is 15.9 Å². The van der Waals surface area contributed by atoms with Crippen LogP contribution in [0, 0.1) is 15.5 Å². The first-order valence-electron chi connectivity index (χ1n) is 5.77. The van der Waals surface area contributed by atoms with E-state index in [1.807, 2.05) is 0 Å². The van der Waals surface area contributed by atoms with E-state index in [9.17, 15) is 10.1 Å². The molecule has 0 aliphatic heterocycles. The molecule has 1 fully saturated rings. The van der Waals surface area contributed by atoms with E-state index in [4.69, 9.17) is 4.42 Å². The molecule has 1 aliphatic rings. The van der Waals surface area contributed by atoms with Crippen LogP contribution in [0.15, 0.2) is 22.6 Å². The molecule has 0 bridgehead atoms. The van der Waals surface area contributed by atoms with Crippen molar-refractivity contribution in [2.75, 3.05) is 5.32 Å². The Bertz CT molecular complexity index is 633. The summed E-state index contributed by atoms with van der Waals surface area (Å²) in [5.41, 5.74) is 1.34. The van der Waals surface area contributed by atoms with Gasteiger partial charge < -0.3 is 9.73 Å². The normalized spacial score (nSPS) is 20.9. The second-order valence-electron chi connectivity index (χ2n) is 5.32. The van der Waals surface area contributed by atoms with Crippen molar-refractivity contribution >= 4 is 22.8 Å². The molecule has 2 aromatic rings. The van der Waals surface area contributed by atoms with E-state index in [-0.39, 0.29) is 11.1 Å². The highest BCUT2D eigenvalue weighted by atomic mass is 16.6. The summed E-state index contributed by atoms with van der Waals surface area (Å²) in [6.45, 7) is 4.33. The summed E-state index contributed by atoms with van der Waals surface area (Å²) in [5, 5.41) is 13.8. The van der Waals surface area contributed by atoms with Gasteiger partial charge >= 0.3 is 0 Å². The molecular formula is C12H13N3O3. The molecule has 1 N–H and O–H groups in total. The van der Waals surface area contributed by atoms with Gasteiger partial charge in [0.2, 0.25) is 0 Å². The summed E-state index contributed by atoms with van der Waals surface area (Å²) in [6, 6.07) is 5.21. The topological polar surface area (TPSA) is 81.2 Å². The number of oxazole rings is 1. The van der Waals surface area contributed by atoms with Crippen molar-refractivity contribution in [1.82, 2.24) is 4.98 Å². The minimum Gasteiger partial charge on any atom is -0.423 e. The van der Waals surface area contributed by atoms with E-state index in [1.165, 1.54) is 12.1 Å². The highest BCUT2D eigenvalue weighted by Crippen LogP contribution is 2.46. The first-order valence-corrected chi connectivity index (χ1v) is 5.77. The molecule has 1 aromatic carbocycles. The van der Waals surface area contributed by atoms with Crippen LogP contribution in [0.5, 0.6) is 0 Å². The number of nitro groups is 1. The number of nitrogens with one attached hydrogen (secondary N) is 1. The van der Waals surface area contributed by atoms with Gasteiger partial charge in [0, 0.05) is 12.1 Å². The van der Waals surface area contributed by atoms with E-state index in [0.29, 0.717) is 23.2 Å². The molecule has 6 heteroatoms. The Labute approximate surface area is 103 Å². The van der Waals surface area contributed by atoms with Gasteiger partial charge in [-0.05, 0) is 17.9 Å². The average Bonchev–Trinajstić information content (AvgIpc) is 2.73. The molecule has 1 aromatic heterocycles. The van der Waals surface area contributed by atoms with Crippen LogP contribution in [-0.2, 0) is 0 Å². The quantitative estimate of drug-likeness (QED) is 0.666. The summed E-state index contributed by atoms with van der Waals surface area (Å²) < 4.78 is 5.48. The van der Waals surface area contributed by atoms with Crippen LogP contribution in [0.1, 0.15) is 20.3 Å². The van der Waals surface area contributed by atoms with Gasteiger partial charge in [-0.3, -0.25) is 10.1 Å². The third-order valence-corrected chi connectivity index (χ3v) is 3.39. The second-order valence-corrected chi connectivity index (χ2v) is 5.32. The van der Waals surface area contributed by atoms with E-state index < -0.39 is 4.92 Å². The summed E-state index contributed by atoms with van der Waals surface area (Å²) in [4.78, 5) is 14.5. The highest BCUT2D eigenvalue weighted by Gasteiger charge is 2.46. The fourth-order valence-electron chi connectivity index (χ4n) is 1.95. The molecule has 1 saturated carbocycles. The first-order chi connectivity index (χ1) is 8.45. The van der Waals surface area contributed by atoms with Crippen molar-refractivity contribution in [2.24, 2.45) is 5.41 Å². The number of hydrogen-bond acceptors (Lipinski definition) is 5. The summed E-state index contributed by atoms with van der Waals surface area (Å²) in [5.74, 6) is 0. The predicted molar refractivity (Wildman–Crippen MR) is 66.5 cm³/mol. The Morgan fingerprint density at radius 2 is 2.28 bits per heavy atom. The standard InChI is InChI=1S/C12H13N3O3/c1-12(2)6-10(12)14-11-13-8-4-3-7(15(16)17)5-9(8)18-11/h3-5,10H,6H2,1-2H3,(H,13,14). The number of nitro benzene ring substituents is 1. The van der Waals surface area contributed by atoms with Gasteiger partial charge in [0.05, 0.1) is 11.0 Å². The average molecular weight is 247 g/mol. The van der Waals surface area contributed by atoms with Crippen LogP contribution in [0.4, 0.5) is 11.7 Å². The highest BCUT2D eigenvalue weighted by molar-refractivity contribution is 5.77. The fourth-order valence-corrected chi connectivity index (χ4v) is 1.95. The van der Waals surface area contributed by atoms with Gasteiger partial charge in [0.15, 0.2) is 5.58 Å². The van der Waals surface area contributed by atoms with Crippen LogP contribution < -0.4 is 5.32 Å². The zero-order valence-electron chi connectivity index (χ0n) is 10.1. The number of hydrogen-bond donors (Lipinski definition) is 1. The van der Waals surface area contributed by atoms with Crippen molar-refractivity contribution in [3.63, 3.8) is 0 Å². The number of aromatic nitrogens is 1. The van der Waals surface area contributed by atoms with Gasteiger partial charge in [-0.2, -0.15) is 4.98 Å². The lowest BCUT2D eigenvalue weighted by Crippen LogP contribution is -2.08. The minimum atomic E-state index is -0.445. The summed E-state index contributed by atoms with van der Waals surface area (Å²) in [6.07, 6.45) is 1.08. The van der Waals surface area contributed by atoms with Gasteiger partial charge in [0.1, 0.15) is 5.52 Å². The Morgan fingerprint density at radius 3 is 2.89 bits per heavy atom. The molecule has 0 saturated heterocycles. The molecule has 1 aliphatic carbocycles. The maximum Gasteiger partial charge on any atom is 0.295 e. The lowest BCUT2D eigenvalue weighted by molar-refractivity contribution is -0.384. The van der Waals surface area contributed by atoms with Crippen LogP contribution in [0.3, 0.4) is 0 Å². The van der Waals surface area contributed by atoms with Crippen molar-refractivity contribution < 1.29 is 9.34 Å². The van der Waals surface area contributed by atoms with Crippen LogP contribution in [0.2, 0.25) is 0 Å². The van der Waals surface area contributed by atoms with Gasteiger partial charge in [-0.15, -0.1) is 0 Å². The van der Waals surface area contributed by atoms with E-state index in [2.05, 4.69) is 24.1 Å². The number of non-ortho nitro benzene ring substituents is 1. The molecular weight excluding hydrogens is 234 g/mol. The van der Waals surface area contributed by atoms with Crippen molar-refractivity contribution in [2.45, 2.75) is 26.3 Å². The maximum atomic E-state index is 10.7. The molecule has 18 heavy (non-hydrogen) atoms. The monoisotopic (exact) mass is 247 g/mol. The third-order valence-electron chi connectivity index (χ3n) is 3.39. The molecule has 94 valence electrons. The number of anilines is 1. The van der Waals surface area contributed by atoms with Crippen LogP contribution >= 0.6 is 0 Å². The minimum absolute atomic E-state index is 0.0111. The largest absolute Gasteiger partial charge is 0.423 e. The Hall–Kier alpha value is -2.11. The molecule has 1 unspecified atom stereocenters. The molecule has 0 spiro atoms. The van der Waals surface area contributed by atoms with E-state index in [0.717, 1.165) is 6.42 Å². The summed E-state index contributed by atoms with van der Waals surface area (Å²) in [7, 11) is 0. The van der Waals surface area contributed by atoms with Gasteiger partial charge in [0.25, 0.3) is 11.7 Å². The number of nitrogens with zero attached hydrogens (tertiary/aromatic N) is 2. The molecule has 3 rings (SSSR count). The molecule has 0 amide bonds. The first kappa shape index (κ1) is 11.0. The van der Waals surface area contributed by atoms with Gasteiger partial charge in [-0.25, -0.2) is 0 Å². The van der Waals surface area contributed by atoms with Crippen molar-refractivity contribution in [1.29, 1.82) is 0 Å². The number of fused-ring (bicyclic) bond motifs is 1. The molecule has 0 radical (unpaired) electrons. The SMILES string of the molecule is CC1(C)CC1Nc1nc2ccc([N+](=O)[O-])cc2o1. The fraction of sp³-hybridized carbons (Fsp3) is 0.417. The number of benzene rings is 1. The van der Waals surface area contributed by atoms with Crippen LogP contribution in [0.25, 0.3) is 11.1 Å². The number of rotatable bonds is 3. The van der Waals surface area contributed by atoms with E-state index >= 15 is 0 Å². The Balaban J connectivity index is 1.89. The zero-order chi connectivity index (χ0) is 12.9. The third kappa shape index (κ3) is 1.79. The van der Waals surface area contributed by atoms with E-state index in [1.54, 1.807) is 6.07 Å². The Morgan fingerprint density at radius 1 is 1.56 bits per heavy atom. The molecule has 1 atom stereocenters. The van der Waals surface area contributed by atoms with Gasteiger partial charge in [-0.1, -0.05) is 13.8 Å². The lowest BCUT2D eigenvalue weighted by atomic mass is 10.2. The Kier molecular flexibility index (Phi) is 2.10. The maximum absolute atomic E-state index is 10.7.